The van der Waals surface area contributed by atoms with Crippen molar-refractivity contribution in [1.29, 1.82) is 0 Å². The van der Waals surface area contributed by atoms with Crippen molar-refractivity contribution in [3.05, 3.63) is 24.3 Å². The van der Waals surface area contributed by atoms with Gasteiger partial charge in [0.25, 0.3) is 0 Å². The molecule has 0 heterocycles. The van der Waals surface area contributed by atoms with Crippen LogP contribution in [0.3, 0.4) is 0 Å². The third kappa shape index (κ3) is 4.81. The van der Waals surface area contributed by atoms with Crippen LogP contribution in [0, 0.1) is 0 Å². The number of amides is 1. The average molecular weight is 274 g/mol. The second kappa shape index (κ2) is 7.79. The molecule has 5 nitrogen and oxygen atoms in total. The Balaban J connectivity index is 2.66. The van der Waals surface area contributed by atoms with Gasteiger partial charge in [-0.2, -0.15) is 0 Å². The molecule has 0 saturated heterocycles. The second-order valence-corrected chi connectivity index (χ2v) is 3.71. The fourth-order valence-electron chi connectivity index (χ4n) is 1.21. The molecule has 1 aromatic carbocycles. The van der Waals surface area contributed by atoms with E-state index in [9.17, 15) is 4.79 Å². The highest BCUT2D eigenvalue weighted by Gasteiger charge is 2.11. The van der Waals surface area contributed by atoms with E-state index in [4.69, 9.17) is 25.8 Å². The van der Waals surface area contributed by atoms with Gasteiger partial charge in [0, 0.05) is 12.9 Å². The Hall–Kier alpha value is -1.46. The number of halogens is 1. The number of hydrogen-bond acceptors (Lipinski definition) is 4. The minimum absolute atomic E-state index is 0.332. The molecule has 0 fully saturated rings. The highest BCUT2D eigenvalue weighted by Crippen LogP contribution is 2.27. The van der Waals surface area contributed by atoms with Gasteiger partial charge in [-0.05, 0) is 19.1 Å². The zero-order valence-electron chi connectivity index (χ0n) is 10.3. The van der Waals surface area contributed by atoms with E-state index in [1.165, 1.54) is 7.05 Å². The van der Waals surface area contributed by atoms with Gasteiger partial charge < -0.3 is 19.5 Å². The van der Waals surface area contributed by atoms with Crippen molar-refractivity contribution in [1.82, 2.24) is 5.32 Å². The van der Waals surface area contributed by atoms with Gasteiger partial charge in [0.2, 0.25) is 0 Å². The molecule has 0 radical (unpaired) electrons. The second-order valence-electron chi connectivity index (χ2n) is 3.33. The van der Waals surface area contributed by atoms with Crippen LogP contribution in [0.5, 0.6) is 11.5 Å². The molecule has 0 spiro atoms. The number of carbonyl (C=O) groups is 1. The SMILES string of the molecule is CNC(=O)Oc1ccccc1OC(C)OCCCl. The summed E-state index contributed by atoms with van der Waals surface area (Å²) in [6.45, 7) is 2.13. The van der Waals surface area contributed by atoms with Crippen LogP contribution in [0.1, 0.15) is 6.92 Å². The summed E-state index contributed by atoms with van der Waals surface area (Å²) in [7, 11) is 1.48. The zero-order chi connectivity index (χ0) is 13.4. The van der Waals surface area contributed by atoms with E-state index in [0.717, 1.165) is 0 Å². The molecular weight excluding hydrogens is 258 g/mol. The molecular formula is C12H16ClNO4. The Morgan fingerprint density at radius 3 is 2.67 bits per heavy atom. The minimum Gasteiger partial charge on any atom is -0.461 e. The van der Waals surface area contributed by atoms with Crippen LogP contribution >= 0.6 is 11.6 Å². The molecule has 0 aromatic heterocycles. The van der Waals surface area contributed by atoms with Crippen LogP contribution in [-0.4, -0.2) is 31.9 Å². The lowest BCUT2D eigenvalue weighted by molar-refractivity contribution is -0.0614. The van der Waals surface area contributed by atoms with Gasteiger partial charge in [0.1, 0.15) is 0 Å². The molecule has 1 atom stereocenters. The van der Waals surface area contributed by atoms with E-state index in [2.05, 4.69) is 5.32 Å². The molecule has 0 saturated carbocycles. The standard InChI is InChI=1S/C12H16ClNO4/c1-9(16-8-7-13)17-10-5-3-4-6-11(10)18-12(15)14-2/h3-6,9H,7-8H2,1-2H3,(H,14,15). The van der Waals surface area contributed by atoms with Gasteiger partial charge in [-0.3, -0.25) is 0 Å². The maximum absolute atomic E-state index is 11.2. The number of rotatable bonds is 6. The lowest BCUT2D eigenvalue weighted by Gasteiger charge is -2.16. The number of benzene rings is 1. The number of para-hydroxylation sites is 2. The summed E-state index contributed by atoms with van der Waals surface area (Å²) in [5, 5.41) is 2.36. The summed E-state index contributed by atoms with van der Waals surface area (Å²) in [6, 6.07) is 6.85. The van der Waals surface area contributed by atoms with Crippen LogP contribution in [0.2, 0.25) is 0 Å². The Morgan fingerprint density at radius 1 is 1.39 bits per heavy atom. The largest absolute Gasteiger partial charge is 0.461 e. The van der Waals surface area contributed by atoms with Gasteiger partial charge in [-0.1, -0.05) is 12.1 Å². The Kier molecular flexibility index (Phi) is 6.32. The van der Waals surface area contributed by atoms with Gasteiger partial charge in [0.05, 0.1) is 6.61 Å². The van der Waals surface area contributed by atoms with E-state index in [-0.39, 0.29) is 0 Å². The molecule has 1 N–H and O–H groups in total. The molecule has 1 amide bonds. The van der Waals surface area contributed by atoms with Crippen LogP contribution in [0.15, 0.2) is 24.3 Å². The molecule has 0 aliphatic carbocycles. The number of ether oxygens (including phenoxy) is 3. The number of nitrogens with one attached hydrogen (secondary N) is 1. The molecule has 1 unspecified atom stereocenters. The third-order valence-electron chi connectivity index (χ3n) is 1.98. The van der Waals surface area contributed by atoms with Crippen molar-refractivity contribution in [2.45, 2.75) is 13.2 Å². The minimum atomic E-state index is -0.555. The van der Waals surface area contributed by atoms with Crippen LogP contribution < -0.4 is 14.8 Å². The van der Waals surface area contributed by atoms with E-state index < -0.39 is 12.4 Å². The van der Waals surface area contributed by atoms with E-state index >= 15 is 0 Å². The number of hydrogen-bond donors (Lipinski definition) is 1. The Labute approximate surface area is 111 Å². The number of alkyl halides is 1. The maximum atomic E-state index is 11.2. The molecule has 0 aliphatic heterocycles. The highest BCUT2D eigenvalue weighted by atomic mass is 35.5. The summed E-state index contributed by atoms with van der Waals surface area (Å²) in [6.07, 6.45) is -1.03. The first kappa shape index (κ1) is 14.6. The van der Waals surface area contributed by atoms with Crippen molar-refractivity contribution < 1.29 is 19.0 Å². The molecule has 1 aromatic rings. The van der Waals surface area contributed by atoms with Crippen LogP contribution in [0.4, 0.5) is 4.79 Å². The van der Waals surface area contributed by atoms with E-state index in [0.29, 0.717) is 24.0 Å². The maximum Gasteiger partial charge on any atom is 0.412 e. The lowest BCUT2D eigenvalue weighted by Crippen LogP contribution is -2.23. The third-order valence-corrected chi connectivity index (χ3v) is 2.13. The van der Waals surface area contributed by atoms with Crippen molar-refractivity contribution in [2.75, 3.05) is 19.5 Å². The Morgan fingerprint density at radius 2 is 2.06 bits per heavy atom. The van der Waals surface area contributed by atoms with Crippen molar-refractivity contribution in [3.8, 4) is 11.5 Å². The summed E-state index contributed by atoms with van der Waals surface area (Å²) in [5.41, 5.74) is 0. The number of carbonyl (C=O) groups excluding carboxylic acids is 1. The fraction of sp³-hybridized carbons (Fsp3) is 0.417. The molecule has 6 heteroatoms. The van der Waals surface area contributed by atoms with Gasteiger partial charge in [-0.15, -0.1) is 11.6 Å². The van der Waals surface area contributed by atoms with Gasteiger partial charge in [0.15, 0.2) is 17.8 Å². The first-order chi connectivity index (χ1) is 8.67. The van der Waals surface area contributed by atoms with Crippen molar-refractivity contribution in [3.63, 3.8) is 0 Å². The normalized spacial score (nSPS) is 11.7. The molecule has 0 aliphatic rings. The lowest BCUT2D eigenvalue weighted by atomic mass is 10.3. The van der Waals surface area contributed by atoms with Crippen LogP contribution in [0.25, 0.3) is 0 Å². The van der Waals surface area contributed by atoms with Gasteiger partial charge in [-0.25, -0.2) is 4.79 Å². The predicted molar refractivity (Wildman–Crippen MR) is 68.3 cm³/mol. The predicted octanol–water partition coefficient (Wildman–Crippen LogP) is 2.39. The first-order valence-corrected chi connectivity index (χ1v) is 6.03. The first-order valence-electron chi connectivity index (χ1n) is 5.50. The fourth-order valence-corrected chi connectivity index (χ4v) is 1.30. The monoisotopic (exact) mass is 273 g/mol. The highest BCUT2D eigenvalue weighted by molar-refractivity contribution is 6.17. The summed E-state index contributed by atoms with van der Waals surface area (Å²) in [5.74, 6) is 1.16. The smallest absolute Gasteiger partial charge is 0.412 e. The Bertz CT molecular complexity index is 386. The quantitative estimate of drug-likeness (QED) is 0.639. The van der Waals surface area contributed by atoms with Crippen molar-refractivity contribution in [2.24, 2.45) is 0 Å². The summed E-state index contributed by atoms with van der Waals surface area (Å²) >= 11 is 5.51. The van der Waals surface area contributed by atoms with E-state index in [1.807, 2.05) is 0 Å². The molecule has 18 heavy (non-hydrogen) atoms. The molecule has 100 valence electrons. The molecule has 0 bridgehead atoms. The van der Waals surface area contributed by atoms with Crippen LogP contribution in [-0.2, 0) is 4.74 Å². The zero-order valence-corrected chi connectivity index (χ0v) is 11.1. The van der Waals surface area contributed by atoms with Gasteiger partial charge >= 0.3 is 6.09 Å². The molecule has 1 rings (SSSR count). The summed E-state index contributed by atoms with van der Waals surface area (Å²) < 4.78 is 15.8. The average Bonchev–Trinajstić information content (AvgIpc) is 2.38. The topological polar surface area (TPSA) is 56.8 Å². The van der Waals surface area contributed by atoms with E-state index in [1.54, 1.807) is 31.2 Å². The summed E-state index contributed by atoms with van der Waals surface area (Å²) in [4.78, 5) is 11.2. The van der Waals surface area contributed by atoms with Crippen molar-refractivity contribution >= 4 is 17.7 Å².